The highest BCUT2D eigenvalue weighted by Gasteiger charge is 2.62. The lowest BCUT2D eigenvalue weighted by molar-refractivity contribution is -0.156. The maximum atomic E-state index is 13.0. The molecule has 2 N–H and O–H groups in total. The molecule has 0 bridgehead atoms. The zero-order valence-electron chi connectivity index (χ0n) is 19.3. The predicted octanol–water partition coefficient (Wildman–Crippen LogP) is 3.78. The Morgan fingerprint density at radius 3 is 2.64 bits per heavy atom. The molecule has 0 saturated carbocycles. The van der Waals surface area contributed by atoms with E-state index in [9.17, 15) is 24.6 Å². The summed E-state index contributed by atoms with van der Waals surface area (Å²) in [6, 6.07) is 0. The van der Waals surface area contributed by atoms with Crippen molar-refractivity contribution in [2.24, 2.45) is 17.8 Å². The van der Waals surface area contributed by atoms with Gasteiger partial charge in [-0.15, -0.1) is 0 Å². The van der Waals surface area contributed by atoms with Crippen LogP contribution in [0.1, 0.15) is 40.5 Å². The van der Waals surface area contributed by atoms with E-state index in [1.165, 1.54) is 25.3 Å². The molecule has 1 aliphatic carbocycles. The van der Waals surface area contributed by atoms with Gasteiger partial charge < -0.3 is 19.7 Å². The smallest absolute Gasteiger partial charge is 0.318 e. The minimum Gasteiger partial charge on any atom is -0.508 e. The van der Waals surface area contributed by atoms with Gasteiger partial charge in [-0.05, 0) is 43.6 Å². The molecule has 3 rings (SSSR count). The fourth-order valence-electron chi connectivity index (χ4n) is 4.14. The topological polar surface area (TPSA) is 110 Å². The largest absolute Gasteiger partial charge is 0.508 e. The monoisotopic (exact) mass is 454 g/mol. The lowest BCUT2D eigenvalue weighted by atomic mass is 9.67. The maximum absolute atomic E-state index is 13.0. The molecular weight excluding hydrogens is 424 g/mol. The second-order valence-electron chi connectivity index (χ2n) is 8.90. The summed E-state index contributed by atoms with van der Waals surface area (Å²) in [6.45, 7) is 7.23. The number of ketones is 2. The number of allylic oxidation sites excluding steroid dienone is 7. The Morgan fingerprint density at radius 2 is 1.97 bits per heavy atom. The molecule has 1 fully saturated rings. The number of ether oxygens (including phenoxy) is 2. The van der Waals surface area contributed by atoms with Gasteiger partial charge in [0.15, 0.2) is 17.2 Å². The summed E-state index contributed by atoms with van der Waals surface area (Å²) in [6.07, 6.45) is 12.7. The van der Waals surface area contributed by atoms with E-state index >= 15 is 0 Å². The van der Waals surface area contributed by atoms with Crippen molar-refractivity contribution in [3.05, 3.63) is 71.5 Å². The van der Waals surface area contributed by atoms with Crippen LogP contribution in [0.5, 0.6) is 0 Å². The van der Waals surface area contributed by atoms with E-state index in [-0.39, 0.29) is 12.2 Å². The van der Waals surface area contributed by atoms with E-state index in [4.69, 9.17) is 9.47 Å². The van der Waals surface area contributed by atoms with Gasteiger partial charge in [0.1, 0.15) is 17.4 Å². The molecular formula is C26H30O7. The molecule has 0 aromatic heterocycles. The van der Waals surface area contributed by atoms with Crippen LogP contribution in [-0.2, 0) is 23.9 Å². The predicted molar refractivity (Wildman–Crippen MR) is 122 cm³/mol. The maximum Gasteiger partial charge on any atom is 0.318 e. The first-order chi connectivity index (χ1) is 15.6. The Labute approximate surface area is 193 Å². The Balaban J connectivity index is 1.87. The first kappa shape index (κ1) is 24.5. The van der Waals surface area contributed by atoms with E-state index in [0.29, 0.717) is 22.8 Å². The summed E-state index contributed by atoms with van der Waals surface area (Å²) in [5.41, 5.74) is -0.524. The SMILES string of the molecule is CCC(C)/C=C/C=C/C(O)=C\C(=O)[C@H]1C(=O)O[C@@]2(C)C(=O)C=C3C=C(CC(C)O)OC=C3[C@@H]12. The van der Waals surface area contributed by atoms with Crippen LogP contribution in [-0.4, -0.2) is 39.5 Å². The summed E-state index contributed by atoms with van der Waals surface area (Å²) >= 11 is 0. The summed E-state index contributed by atoms with van der Waals surface area (Å²) in [5, 5.41) is 19.8. The standard InChI is InChI=1S/C26H30O7/c1-5-15(2)8-6-7-9-18(28)13-21(29)23-24-20-14-32-19(10-16(3)27)11-17(20)12-22(30)26(24,4)33-25(23)31/h6-9,11-16,23-24,27-28H,5,10H2,1-4H3/b8-6+,9-7+,18-13+/t15?,16?,23-,24+,26+/m1/s1. The van der Waals surface area contributed by atoms with Gasteiger partial charge >= 0.3 is 5.97 Å². The first-order valence-electron chi connectivity index (χ1n) is 11.1. The minimum atomic E-state index is -1.54. The molecule has 0 amide bonds. The fraction of sp³-hybridized carbons (Fsp3) is 0.423. The molecule has 33 heavy (non-hydrogen) atoms. The summed E-state index contributed by atoms with van der Waals surface area (Å²) in [5.74, 6) is -3.54. The van der Waals surface area contributed by atoms with Crippen molar-refractivity contribution < 1.29 is 34.1 Å². The second kappa shape index (κ2) is 9.75. The summed E-state index contributed by atoms with van der Waals surface area (Å²) in [7, 11) is 0. The van der Waals surface area contributed by atoms with Crippen LogP contribution in [0.2, 0.25) is 0 Å². The number of hydrogen-bond donors (Lipinski definition) is 2. The van der Waals surface area contributed by atoms with E-state index in [0.717, 1.165) is 12.5 Å². The molecule has 0 radical (unpaired) electrons. The van der Waals surface area contributed by atoms with Crippen LogP contribution in [0.25, 0.3) is 0 Å². The average molecular weight is 455 g/mol. The molecule has 5 atom stereocenters. The van der Waals surface area contributed by atoms with Crippen molar-refractivity contribution in [2.45, 2.75) is 52.2 Å². The van der Waals surface area contributed by atoms with Crippen molar-refractivity contribution in [1.29, 1.82) is 0 Å². The molecule has 2 heterocycles. The number of aliphatic hydroxyl groups excluding tert-OH is 2. The van der Waals surface area contributed by atoms with Crippen molar-refractivity contribution in [3.63, 3.8) is 0 Å². The van der Waals surface area contributed by atoms with Gasteiger partial charge in [0.25, 0.3) is 0 Å². The summed E-state index contributed by atoms with van der Waals surface area (Å²) in [4.78, 5) is 38.6. The molecule has 2 aliphatic heterocycles. The number of aliphatic hydroxyl groups is 2. The van der Waals surface area contributed by atoms with Crippen LogP contribution in [0.4, 0.5) is 0 Å². The van der Waals surface area contributed by atoms with Crippen LogP contribution >= 0.6 is 0 Å². The Bertz CT molecular complexity index is 1020. The van der Waals surface area contributed by atoms with Gasteiger partial charge in [0.05, 0.1) is 18.3 Å². The second-order valence-corrected chi connectivity index (χ2v) is 8.90. The zero-order valence-corrected chi connectivity index (χ0v) is 19.3. The Kier molecular flexibility index (Phi) is 7.22. The molecule has 0 aromatic carbocycles. The third-order valence-corrected chi connectivity index (χ3v) is 6.15. The summed E-state index contributed by atoms with van der Waals surface area (Å²) < 4.78 is 11.0. The van der Waals surface area contributed by atoms with Gasteiger partial charge in [-0.25, -0.2) is 0 Å². The van der Waals surface area contributed by atoms with Crippen molar-refractivity contribution >= 4 is 17.5 Å². The highest BCUT2D eigenvalue weighted by Crippen LogP contribution is 2.49. The number of rotatable bonds is 8. The molecule has 176 valence electrons. The lowest BCUT2D eigenvalue weighted by Gasteiger charge is -2.35. The van der Waals surface area contributed by atoms with Crippen LogP contribution in [0, 0.1) is 17.8 Å². The molecule has 0 spiro atoms. The number of carbonyl (C=O) groups excluding carboxylic acids is 3. The molecule has 2 unspecified atom stereocenters. The zero-order chi connectivity index (χ0) is 24.3. The molecule has 7 heteroatoms. The highest BCUT2D eigenvalue weighted by molar-refractivity contribution is 6.12. The third kappa shape index (κ3) is 5.09. The van der Waals surface area contributed by atoms with Gasteiger partial charge in [0.2, 0.25) is 0 Å². The van der Waals surface area contributed by atoms with Gasteiger partial charge in [-0.3, -0.25) is 14.4 Å². The Morgan fingerprint density at radius 1 is 1.24 bits per heavy atom. The van der Waals surface area contributed by atoms with Crippen LogP contribution in [0.15, 0.2) is 71.5 Å². The van der Waals surface area contributed by atoms with Crippen molar-refractivity contribution in [2.75, 3.05) is 0 Å². The fourth-order valence-corrected chi connectivity index (χ4v) is 4.14. The first-order valence-corrected chi connectivity index (χ1v) is 11.1. The van der Waals surface area contributed by atoms with E-state index in [1.54, 1.807) is 25.2 Å². The highest BCUT2D eigenvalue weighted by atomic mass is 16.6. The van der Waals surface area contributed by atoms with Crippen LogP contribution < -0.4 is 0 Å². The van der Waals surface area contributed by atoms with Crippen LogP contribution in [0.3, 0.4) is 0 Å². The number of carbonyl (C=O) groups is 3. The molecule has 7 nitrogen and oxygen atoms in total. The number of fused-ring (bicyclic) bond motifs is 3. The molecule has 1 saturated heterocycles. The van der Waals surface area contributed by atoms with Gasteiger partial charge in [-0.2, -0.15) is 0 Å². The number of esters is 1. The van der Waals surface area contributed by atoms with E-state index in [1.807, 2.05) is 6.08 Å². The van der Waals surface area contributed by atoms with Crippen molar-refractivity contribution in [3.8, 4) is 0 Å². The molecule has 0 aromatic rings. The normalized spacial score (nSPS) is 29.0. The Hall–Kier alpha value is -3.19. The molecule has 3 aliphatic rings. The van der Waals surface area contributed by atoms with E-state index < -0.39 is 41.1 Å². The minimum absolute atomic E-state index is 0.253. The third-order valence-electron chi connectivity index (χ3n) is 6.15. The van der Waals surface area contributed by atoms with E-state index in [2.05, 4.69) is 13.8 Å². The number of hydrogen-bond acceptors (Lipinski definition) is 7. The average Bonchev–Trinajstić information content (AvgIpc) is 3.02. The quantitative estimate of drug-likeness (QED) is 0.189. The van der Waals surface area contributed by atoms with Gasteiger partial charge in [0, 0.05) is 18.1 Å². The lowest BCUT2D eigenvalue weighted by Crippen LogP contribution is -2.46. The van der Waals surface area contributed by atoms with Gasteiger partial charge in [-0.1, -0.05) is 38.5 Å². The van der Waals surface area contributed by atoms with Crippen molar-refractivity contribution in [1.82, 2.24) is 0 Å².